The summed E-state index contributed by atoms with van der Waals surface area (Å²) < 4.78 is 65.9. The van der Waals surface area contributed by atoms with Gasteiger partial charge in [-0.3, -0.25) is 4.98 Å². The second-order valence-electron chi connectivity index (χ2n) is 16.3. The van der Waals surface area contributed by atoms with Gasteiger partial charge >= 0.3 is 11.9 Å². The molecule has 4 aromatic carbocycles. The van der Waals surface area contributed by atoms with Crippen LogP contribution in [0.2, 0.25) is 0 Å². The van der Waals surface area contributed by atoms with Gasteiger partial charge < -0.3 is 66.6 Å². The number of nitrogens with zero attached hydrogens (tertiary/aromatic N) is 3. The molecule has 1 fully saturated rings. The van der Waals surface area contributed by atoms with E-state index in [1.165, 1.54) is 42.7 Å². The number of benzene rings is 4. The van der Waals surface area contributed by atoms with Crippen molar-refractivity contribution in [1.29, 1.82) is 0 Å². The van der Waals surface area contributed by atoms with Crippen molar-refractivity contribution in [3.63, 3.8) is 0 Å². The number of fused-ring (bicyclic) bond motifs is 1. The Morgan fingerprint density at radius 3 is 1.39 bits per heavy atom. The summed E-state index contributed by atoms with van der Waals surface area (Å²) in [6, 6.07) is 18.5. The van der Waals surface area contributed by atoms with E-state index in [1.807, 2.05) is 64.2 Å². The lowest BCUT2D eigenvalue weighted by Gasteiger charge is -2.21. The molecular formula is C55H73N3O14. The van der Waals surface area contributed by atoms with E-state index < -0.39 is 11.9 Å². The van der Waals surface area contributed by atoms with Crippen molar-refractivity contribution in [2.45, 2.75) is 53.4 Å². The minimum atomic E-state index is -0.438. The van der Waals surface area contributed by atoms with Gasteiger partial charge in [0.05, 0.1) is 99.1 Å². The SMILES string of the molecule is CCOc1ccc(Cc2nccc3cc(OCC)c(OCC)cc23)cc1OCC.COc1cc(C(=O)OCCCN2CCCN(CCCOC(=O)c3cc(OC)c(OC)c(OC)c3)CC2)cc(OC)c1OC. The van der Waals surface area contributed by atoms with Crippen LogP contribution in [0.4, 0.5) is 0 Å². The molecule has 1 aliphatic heterocycles. The lowest BCUT2D eigenvalue weighted by atomic mass is 10.0. The van der Waals surface area contributed by atoms with Gasteiger partial charge in [-0.15, -0.1) is 0 Å². The molecule has 0 radical (unpaired) electrons. The lowest BCUT2D eigenvalue weighted by Crippen LogP contribution is -2.32. The molecule has 0 amide bonds. The maximum Gasteiger partial charge on any atom is 0.338 e. The fourth-order valence-corrected chi connectivity index (χ4v) is 8.26. The third-order valence-corrected chi connectivity index (χ3v) is 11.7. The summed E-state index contributed by atoms with van der Waals surface area (Å²) in [6.07, 6.45) is 5.02. The number of hydrogen-bond donors (Lipinski definition) is 0. The summed E-state index contributed by atoms with van der Waals surface area (Å²) in [6.45, 7) is 16.4. The molecule has 17 nitrogen and oxygen atoms in total. The van der Waals surface area contributed by atoms with Crippen LogP contribution < -0.4 is 47.4 Å². The van der Waals surface area contributed by atoms with Crippen LogP contribution in [0.1, 0.15) is 78.9 Å². The molecule has 0 unspecified atom stereocenters. The Balaban J connectivity index is 0.000000288. The summed E-state index contributed by atoms with van der Waals surface area (Å²) in [5.41, 5.74) is 2.78. The van der Waals surface area contributed by atoms with Crippen LogP contribution in [0, 0.1) is 0 Å². The van der Waals surface area contributed by atoms with Gasteiger partial charge in [0.25, 0.3) is 0 Å². The van der Waals surface area contributed by atoms with Crippen LogP contribution in [-0.2, 0) is 15.9 Å². The minimum absolute atomic E-state index is 0.313. The van der Waals surface area contributed by atoms with Crippen molar-refractivity contribution >= 4 is 22.7 Å². The summed E-state index contributed by atoms with van der Waals surface area (Å²) in [5, 5.41) is 2.14. The van der Waals surface area contributed by atoms with Crippen LogP contribution >= 0.6 is 0 Å². The first kappa shape index (κ1) is 56.1. The Morgan fingerprint density at radius 1 is 0.500 bits per heavy atom. The average Bonchev–Trinajstić information content (AvgIpc) is 3.64. The number of carbonyl (C=O) groups is 2. The van der Waals surface area contributed by atoms with Crippen LogP contribution in [0.3, 0.4) is 0 Å². The molecule has 1 saturated heterocycles. The Hall–Kier alpha value is -6.85. The number of aromatic nitrogens is 1. The monoisotopic (exact) mass is 1000 g/mol. The van der Waals surface area contributed by atoms with Gasteiger partial charge in [-0.05, 0) is 126 Å². The highest BCUT2D eigenvalue weighted by Crippen LogP contribution is 2.40. The van der Waals surface area contributed by atoms with E-state index in [0.29, 0.717) is 91.7 Å². The second-order valence-corrected chi connectivity index (χ2v) is 16.3. The Morgan fingerprint density at radius 2 is 0.944 bits per heavy atom. The number of rotatable bonds is 26. The van der Waals surface area contributed by atoms with Gasteiger partial charge in [0, 0.05) is 44.2 Å². The van der Waals surface area contributed by atoms with E-state index in [-0.39, 0.29) is 0 Å². The number of ether oxygens (including phenoxy) is 12. The van der Waals surface area contributed by atoms with Crippen molar-refractivity contribution in [2.24, 2.45) is 0 Å². The van der Waals surface area contributed by atoms with E-state index in [9.17, 15) is 9.59 Å². The largest absolute Gasteiger partial charge is 0.493 e. The first-order valence-corrected chi connectivity index (χ1v) is 24.5. The second kappa shape index (κ2) is 29.5. The first-order valence-electron chi connectivity index (χ1n) is 24.5. The molecule has 0 bridgehead atoms. The van der Waals surface area contributed by atoms with Crippen molar-refractivity contribution < 1.29 is 66.4 Å². The molecule has 17 heteroatoms. The molecule has 72 heavy (non-hydrogen) atoms. The molecule has 1 aliphatic rings. The quantitative estimate of drug-likeness (QED) is 0.0380. The smallest absolute Gasteiger partial charge is 0.338 e. The van der Waals surface area contributed by atoms with Crippen LogP contribution in [0.25, 0.3) is 10.8 Å². The molecule has 1 aromatic heterocycles. The van der Waals surface area contributed by atoms with E-state index >= 15 is 0 Å². The number of carbonyl (C=O) groups excluding carboxylic acids is 2. The van der Waals surface area contributed by atoms with E-state index in [0.717, 1.165) is 104 Å². The van der Waals surface area contributed by atoms with Gasteiger partial charge in [-0.1, -0.05) is 6.07 Å². The molecule has 0 atom stereocenters. The summed E-state index contributed by atoms with van der Waals surface area (Å²) in [5.74, 6) is 4.63. The molecule has 0 spiro atoms. The highest BCUT2D eigenvalue weighted by molar-refractivity contribution is 5.92. The van der Waals surface area contributed by atoms with Crippen molar-refractivity contribution in [1.82, 2.24) is 14.8 Å². The standard InChI is InChI=1S/C31H44N2O10.C24H29NO4/c1-36-24-18-22(19-25(37-2)28(24)40-5)30(34)42-16-8-12-32-10-7-11-33(15-14-32)13-9-17-43-31(35)23-20-26(38-3)29(41-6)27(21-23)39-4;1-5-26-21-10-9-17(14-22(21)27-6-2)13-20-19-16-24(29-8-4)23(28-7-3)15-18(19)11-12-25-20/h18-21H,7-17H2,1-6H3;9-12,14-16H,5-8,13H2,1-4H3. The zero-order valence-corrected chi connectivity index (χ0v) is 43.7. The number of esters is 2. The third kappa shape index (κ3) is 15.6. The van der Waals surface area contributed by atoms with Crippen molar-refractivity contribution in [3.8, 4) is 57.5 Å². The third-order valence-electron chi connectivity index (χ3n) is 11.7. The van der Waals surface area contributed by atoms with Gasteiger partial charge in [-0.25, -0.2) is 9.59 Å². The van der Waals surface area contributed by atoms with Crippen LogP contribution in [-0.4, -0.2) is 148 Å². The van der Waals surface area contributed by atoms with Crippen LogP contribution in [0.5, 0.6) is 57.5 Å². The number of pyridine rings is 1. The minimum Gasteiger partial charge on any atom is -0.493 e. The molecule has 2 heterocycles. The first-order chi connectivity index (χ1) is 35.1. The summed E-state index contributed by atoms with van der Waals surface area (Å²) in [7, 11) is 9.04. The van der Waals surface area contributed by atoms with E-state index in [2.05, 4.69) is 20.9 Å². The predicted octanol–water partition coefficient (Wildman–Crippen LogP) is 8.96. The molecule has 392 valence electrons. The highest BCUT2D eigenvalue weighted by Gasteiger charge is 2.21. The van der Waals surface area contributed by atoms with Gasteiger partial charge in [0.2, 0.25) is 11.5 Å². The number of methoxy groups -OCH3 is 6. The number of hydrogen-bond acceptors (Lipinski definition) is 17. The topological polar surface area (TPSA) is 164 Å². The maximum absolute atomic E-state index is 12.6. The summed E-state index contributed by atoms with van der Waals surface area (Å²) >= 11 is 0. The molecule has 5 aromatic rings. The van der Waals surface area contributed by atoms with E-state index in [1.54, 1.807) is 24.3 Å². The molecule has 6 rings (SSSR count). The Kier molecular flexibility index (Phi) is 23.0. The average molecular weight is 1000 g/mol. The van der Waals surface area contributed by atoms with Gasteiger partial charge in [-0.2, -0.15) is 0 Å². The molecule has 0 aliphatic carbocycles. The highest BCUT2D eigenvalue weighted by atomic mass is 16.6. The Labute approximate surface area is 424 Å². The molecule has 0 saturated carbocycles. The van der Waals surface area contributed by atoms with Crippen molar-refractivity contribution in [2.75, 3.05) is 122 Å². The van der Waals surface area contributed by atoms with Gasteiger partial charge in [0.1, 0.15) is 0 Å². The van der Waals surface area contributed by atoms with Crippen molar-refractivity contribution in [3.05, 3.63) is 89.2 Å². The van der Waals surface area contributed by atoms with Gasteiger partial charge in [0.15, 0.2) is 46.0 Å². The zero-order valence-electron chi connectivity index (χ0n) is 43.7. The molecule has 0 N–H and O–H groups in total. The zero-order chi connectivity index (χ0) is 51.8. The molecular weight excluding hydrogens is 927 g/mol. The Bertz CT molecular complexity index is 2360. The fraction of sp³-hybridized carbons (Fsp3) is 0.473. The van der Waals surface area contributed by atoms with E-state index in [4.69, 9.17) is 56.8 Å². The normalized spacial score (nSPS) is 12.6. The lowest BCUT2D eigenvalue weighted by molar-refractivity contribution is 0.0475. The fourth-order valence-electron chi connectivity index (χ4n) is 8.26. The van der Waals surface area contributed by atoms with Crippen LogP contribution in [0.15, 0.2) is 66.9 Å². The summed E-state index contributed by atoms with van der Waals surface area (Å²) in [4.78, 5) is 34.7. The maximum atomic E-state index is 12.6. The predicted molar refractivity (Wildman–Crippen MR) is 275 cm³/mol.